The number of nitrogens with zero attached hydrogens (tertiary/aromatic N) is 2. The van der Waals surface area contributed by atoms with E-state index in [1.54, 1.807) is 14.2 Å². The minimum Gasteiger partial charge on any atom is -0.481 e. The minimum atomic E-state index is -3.25. The molecule has 294 valence electrons. The number of benzene rings is 2. The number of ether oxygens (including phenoxy) is 4. The van der Waals surface area contributed by atoms with Crippen molar-refractivity contribution in [3.63, 3.8) is 0 Å². The van der Waals surface area contributed by atoms with Gasteiger partial charge in [-0.25, -0.2) is 26.3 Å². The first-order chi connectivity index (χ1) is 25.6. The Balaban J connectivity index is 1.42. The van der Waals surface area contributed by atoms with Gasteiger partial charge in [-0.15, -0.1) is 0 Å². The molecule has 0 bridgehead atoms. The van der Waals surface area contributed by atoms with E-state index in [4.69, 9.17) is 18.9 Å². The second-order valence-corrected chi connectivity index (χ2v) is 17.7. The second kappa shape index (κ2) is 20.0. The molecule has 0 atom stereocenters. The lowest BCUT2D eigenvalue weighted by Crippen LogP contribution is -2.30. The summed E-state index contributed by atoms with van der Waals surface area (Å²) >= 11 is 7.15. The predicted molar refractivity (Wildman–Crippen MR) is 216 cm³/mol. The molecule has 0 amide bonds. The van der Waals surface area contributed by atoms with Crippen molar-refractivity contribution in [2.75, 3.05) is 52.9 Å². The van der Waals surface area contributed by atoms with Crippen molar-refractivity contribution in [3.8, 4) is 34.6 Å². The van der Waals surface area contributed by atoms with Crippen LogP contribution < -0.4 is 39.0 Å². The van der Waals surface area contributed by atoms with Gasteiger partial charge in [0.15, 0.2) is 0 Å². The highest BCUT2D eigenvalue weighted by Gasteiger charge is 2.17. The fourth-order valence-corrected chi connectivity index (χ4v) is 7.35. The van der Waals surface area contributed by atoms with E-state index in [2.05, 4.69) is 87.9 Å². The Kier molecular flexibility index (Phi) is 16.1. The third-order valence-electron chi connectivity index (χ3n) is 8.23. The molecule has 54 heavy (non-hydrogen) atoms. The van der Waals surface area contributed by atoms with Crippen LogP contribution in [-0.2, 0) is 46.3 Å². The molecule has 0 fully saturated rings. The lowest BCUT2D eigenvalue weighted by atomic mass is 9.92. The Morgan fingerprint density at radius 1 is 0.593 bits per heavy atom. The summed E-state index contributed by atoms with van der Waals surface area (Å²) in [6.07, 6.45) is 2.25. The lowest BCUT2D eigenvalue weighted by Gasteiger charge is -2.18. The molecular weight excluding hydrogens is 868 g/mol. The van der Waals surface area contributed by atoms with Crippen molar-refractivity contribution in [2.24, 2.45) is 0 Å². The Morgan fingerprint density at radius 2 is 0.981 bits per heavy atom. The van der Waals surface area contributed by atoms with Gasteiger partial charge in [0.25, 0.3) is 0 Å². The molecule has 14 nitrogen and oxygen atoms in total. The van der Waals surface area contributed by atoms with Crippen LogP contribution in [-0.4, -0.2) is 79.7 Å². The minimum absolute atomic E-state index is 0.268. The number of aromatic nitrogens is 2. The zero-order chi connectivity index (χ0) is 39.5. The molecule has 0 spiro atoms. The summed E-state index contributed by atoms with van der Waals surface area (Å²) in [4.78, 5) is 9.15. The molecule has 0 saturated carbocycles. The van der Waals surface area contributed by atoms with Crippen molar-refractivity contribution < 1.29 is 35.8 Å². The van der Waals surface area contributed by atoms with Crippen molar-refractivity contribution in [1.29, 1.82) is 0 Å². The number of pyridine rings is 2. The first-order valence-corrected chi connectivity index (χ1v) is 22.2. The van der Waals surface area contributed by atoms with E-state index in [0.29, 0.717) is 58.6 Å². The van der Waals surface area contributed by atoms with E-state index in [1.165, 1.54) is 0 Å². The van der Waals surface area contributed by atoms with Crippen LogP contribution in [0.5, 0.6) is 23.5 Å². The summed E-state index contributed by atoms with van der Waals surface area (Å²) in [5.74, 6) is 1.58. The van der Waals surface area contributed by atoms with Crippen LogP contribution in [0, 0.1) is 13.8 Å². The van der Waals surface area contributed by atoms with Crippen molar-refractivity contribution >= 4 is 51.9 Å². The van der Waals surface area contributed by atoms with E-state index in [-0.39, 0.29) is 26.3 Å². The third-order valence-corrected chi connectivity index (χ3v) is 10.8. The molecule has 0 aliphatic rings. The van der Waals surface area contributed by atoms with Gasteiger partial charge in [0.05, 0.1) is 35.7 Å². The highest BCUT2D eigenvalue weighted by Crippen LogP contribution is 2.34. The van der Waals surface area contributed by atoms with Gasteiger partial charge in [-0.3, -0.25) is 0 Å². The first kappa shape index (κ1) is 43.4. The van der Waals surface area contributed by atoms with Gasteiger partial charge in [-0.05, 0) is 91.2 Å². The SMILES string of the molecule is COc1nc(OCc2cccc(-c3cccc(COc4nc(OC)c(CNCCNS(C)(=O)=O)cc4Br)c3C)c2C)c(Br)cc1CNCCNS(C)(=O)=O. The van der Waals surface area contributed by atoms with Gasteiger partial charge in [-0.1, -0.05) is 36.4 Å². The van der Waals surface area contributed by atoms with Crippen molar-refractivity contribution in [2.45, 2.75) is 40.2 Å². The Morgan fingerprint density at radius 3 is 1.33 bits per heavy atom. The van der Waals surface area contributed by atoms with E-state index in [1.807, 2.05) is 36.4 Å². The van der Waals surface area contributed by atoms with Gasteiger partial charge in [0, 0.05) is 50.4 Å². The topological polar surface area (TPSA) is 179 Å². The first-order valence-electron chi connectivity index (χ1n) is 16.8. The Hall–Kier alpha value is -3.36. The van der Waals surface area contributed by atoms with Crippen LogP contribution in [0.2, 0.25) is 0 Å². The van der Waals surface area contributed by atoms with Gasteiger partial charge in [-0.2, -0.15) is 9.97 Å². The molecule has 2 heterocycles. The average Bonchev–Trinajstić information content (AvgIpc) is 3.10. The van der Waals surface area contributed by atoms with E-state index < -0.39 is 20.0 Å². The molecule has 4 N–H and O–H groups in total. The number of sulfonamides is 2. The summed E-state index contributed by atoms with van der Waals surface area (Å²) in [6.45, 7) is 6.94. The van der Waals surface area contributed by atoms with Gasteiger partial charge >= 0.3 is 0 Å². The van der Waals surface area contributed by atoms with Gasteiger partial charge in [0.1, 0.15) is 13.2 Å². The lowest BCUT2D eigenvalue weighted by molar-refractivity contribution is 0.283. The molecule has 2 aromatic carbocycles. The highest BCUT2D eigenvalue weighted by atomic mass is 79.9. The largest absolute Gasteiger partial charge is 0.481 e. The van der Waals surface area contributed by atoms with E-state index in [9.17, 15) is 16.8 Å². The van der Waals surface area contributed by atoms with E-state index in [0.717, 1.165) is 57.0 Å². The summed E-state index contributed by atoms with van der Waals surface area (Å²) in [5, 5.41) is 6.37. The summed E-state index contributed by atoms with van der Waals surface area (Å²) in [5.41, 5.74) is 7.83. The van der Waals surface area contributed by atoms with Crippen LogP contribution in [0.3, 0.4) is 0 Å². The molecule has 4 aromatic rings. The highest BCUT2D eigenvalue weighted by molar-refractivity contribution is 9.10. The average molecular weight is 915 g/mol. The standard InChI is InChI=1S/C36H46Br2N6O8S2/c1-23-25(21-51-35-31(37)17-27(33(43-35)49-3)19-39-13-15-41-53(5,45)46)9-7-11-29(23)30-12-8-10-26(24(30)2)22-52-36-32(38)18-28(34(44-36)50-4)20-40-14-16-42-54(6,47)48/h7-12,17-18,39-42H,13-16,19-22H2,1-6H3. The number of methoxy groups -OCH3 is 2. The number of halogens is 2. The summed E-state index contributed by atoms with van der Waals surface area (Å²) in [7, 11) is -3.42. The van der Waals surface area contributed by atoms with Gasteiger partial charge < -0.3 is 29.6 Å². The van der Waals surface area contributed by atoms with Crippen LogP contribution in [0.15, 0.2) is 57.5 Å². The molecule has 0 aliphatic carbocycles. The Labute approximate surface area is 334 Å². The number of rotatable bonds is 21. The maximum Gasteiger partial charge on any atom is 0.231 e. The van der Waals surface area contributed by atoms with Crippen molar-refractivity contribution in [1.82, 2.24) is 30.0 Å². The number of hydrogen-bond donors (Lipinski definition) is 4. The molecule has 0 saturated heterocycles. The molecular formula is C36H46Br2N6O8S2. The molecule has 18 heteroatoms. The maximum atomic E-state index is 11.3. The van der Waals surface area contributed by atoms with Crippen LogP contribution in [0.4, 0.5) is 0 Å². The van der Waals surface area contributed by atoms with Gasteiger partial charge in [0.2, 0.25) is 43.6 Å². The fraction of sp³-hybridized carbons (Fsp3) is 0.389. The normalized spacial score (nSPS) is 11.8. The zero-order valence-electron chi connectivity index (χ0n) is 31.0. The van der Waals surface area contributed by atoms with Crippen LogP contribution in [0.25, 0.3) is 11.1 Å². The molecule has 2 aromatic heterocycles. The molecule has 0 unspecified atom stereocenters. The number of hydrogen-bond acceptors (Lipinski definition) is 12. The van der Waals surface area contributed by atoms with Crippen LogP contribution in [0.1, 0.15) is 33.4 Å². The molecule has 4 rings (SSSR count). The maximum absolute atomic E-state index is 11.3. The zero-order valence-corrected chi connectivity index (χ0v) is 35.8. The monoisotopic (exact) mass is 912 g/mol. The molecule has 0 aliphatic heterocycles. The smallest absolute Gasteiger partial charge is 0.231 e. The van der Waals surface area contributed by atoms with Crippen molar-refractivity contribution in [3.05, 3.63) is 90.9 Å². The third kappa shape index (κ3) is 12.9. The summed E-state index contributed by atoms with van der Waals surface area (Å²) in [6, 6.07) is 16.0. The Bertz CT molecular complexity index is 1990. The predicted octanol–water partition coefficient (Wildman–Crippen LogP) is 4.74. The second-order valence-electron chi connectivity index (χ2n) is 12.3. The summed E-state index contributed by atoms with van der Waals surface area (Å²) < 4.78 is 74.8. The van der Waals surface area contributed by atoms with E-state index >= 15 is 0 Å². The fourth-order valence-electron chi connectivity index (χ4n) is 5.45. The number of nitrogens with one attached hydrogen (secondary N) is 4. The quantitative estimate of drug-likeness (QED) is 0.0846. The molecule has 0 radical (unpaired) electrons. The van der Waals surface area contributed by atoms with Crippen LogP contribution >= 0.6 is 31.9 Å².